The van der Waals surface area contributed by atoms with E-state index in [-0.39, 0.29) is 24.3 Å². The van der Waals surface area contributed by atoms with Crippen LogP contribution in [0.4, 0.5) is 10.2 Å². The fourth-order valence-electron chi connectivity index (χ4n) is 4.43. The Morgan fingerprint density at radius 1 is 1.06 bits per heavy atom. The highest BCUT2D eigenvalue weighted by atomic mass is 19.1. The first-order chi connectivity index (χ1) is 17.4. The van der Waals surface area contributed by atoms with Gasteiger partial charge in [-0.3, -0.25) is 5.10 Å². The van der Waals surface area contributed by atoms with Crippen molar-refractivity contribution in [2.24, 2.45) is 0 Å². The normalized spacial score (nSPS) is 12.2. The Kier molecular flexibility index (Phi) is 6.38. The molecule has 0 aliphatic heterocycles. The zero-order valence-corrected chi connectivity index (χ0v) is 20.4. The molecule has 0 unspecified atom stereocenters. The monoisotopic (exact) mass is 482 g/mol. The predicted molar refractivity (Wildman–Crippen MR) is 140 cm³/mol. The van der Waals surface area contributed by atoms with Crippen molar-refractivity contribution < 1.29 is 13.9 Å². The molecule has 0 bridgehead atoms. The minimum atomic E-state index is -0.631. The van der Waals surface area contributed by atoms with E-state index in [2.05, 4.69) is 29.4 Å². The second kappa shape index (κ2) is 9.77. The second-order valence-corrected chi connectivity index (χ2v) is 9.20. The number of nitrogens with zero attached hydrogens (tertiary/aromatic N) is 2. The molecule has 36 heavy (non-hydrogen) atoms. The summed E-state index contributed by atoms with van der Waals surface area (Å²) in [4.78, 5) is 17.8. The van der Waals surface area contributed by atoms with Gasteiger partial charge >= 0.3 is 5.97 Å². The van der Waals surface area contributed by atoms with E-state index in [0.717, 1.165) is 44.1 Å². The summed E-state index contributed by atoms with van der Waals surface area (Å²) < 4.78 is 19.3. The Morgan fingerprint density at radius 2 is 1.81 bits per heavy atom. The third-order valence-corrected chi connectivity index (χ3v) is 6.22. The van der Waals surface area contributed by atoms with Gasteiger partial charge in [-0.1, -0.05) is 56.3 Å². The van der Waals surface area contributed by atoms with Gasteiger partial charge < -0.3 is 10.1 Å². The fraction of sp³-hybridized carbons (Fsp3) is 0.207. The Bertz CT molecular complexity index is 1530. The third kappa shape index (κ3) is 4.64. The number of carbonyl (C=O) groups excluding carboxylic acids is 1. The molecule has 0 aliphatic rings. The highest BCUT2D eigenvalue weighted by molar-refractivity contribution is 6.05. The highest BCUT2D eigenvalue weighted by Gasteiger charge is 2.23. The standard InChI is InChI=1S/C29H27FN4O2/c1-17(2)26-27(20-9-11-22(30)12-10-20)23-13-21-15-31-34-24(21)14-25(23)33-28(26)32-18(3)29(35)36-16-19-7-5-4-6-8-19/h4-15,17-18H,16H2,1-3H3,(H,31,34)(H,32,33)/t18-/m1/s1. The Hall–Kier alpha value is -4.26. The molecule has 6 nitrogen and oxygen atoms in total. The summed E-state index contributed by atoms with van der Waals surface area (Å²) >= 11 is 0. The molecule has 0 fully saturated rings. The van der Waals surface area contributed by atoms with Gasteiger partial charge in [0.25, 0.3) is 0 Å². The van der Waals surface area contributed by atoms with Crippen molar-refractivity contribution in [2.75, 3.05) is 5.32 Å². The molecule has 7 heteroatoms. The predicted octanol–water partition coefficient (Wildman–Crippen LogP) is 6.58. The molecule has 0 spiro atoms. The van der Waals surface area contributed by atoms with Gasteiger partial charge in [-0.25, -0.2) is 14.2 Å². The van der Waals surface area contributed by atoms with Crippen molar-refractivity contribution in [2.45, 2.75) is 39.3 Å². The zero-order chi connectivity index (χ0) is 25.2. The Balaban J connectivity index is 1.58. The van der Waals surface area contributed by atoms with E-state index in [0.29, 0.717) is 5.82 Å². The summed E-state index contributed by atoms with van der Waals surface area (Å²) in [6, 6.07) is 19.4. The van der Waals surface area contributed by atoms with Crippen LogP contribution in [0.15, 0.2) is 72.9 Å². The number of esters is 1. The van der Waals surface area contributed by atoms with Crippen LogP contribution < -0.4 is 5.32 Å². The number of hydrogen-bond acceptors (Lipinski definition) is 5. The van der Waals surface area contributed by atoms with Crippen LogP contribution in [0.3, 0.4) is 0 Å². The third-order valence-electron chi connectivity index (χ3n) is 6.22. The number of fused-ring (bicyclic) bond motifs is 2. The summed E-state index contributed by atoms with van der Waals surface area (Å²) in [6.45, 7) is 6.12. The SMILES string of the molecule is CC(C)c1c(N[C@H](C)C(=O)OCc2ccccc2)nc2cc3[nH]ncc3cc2c1-c1ccc(F)cc1. The lowest BCUT2D eigenvalue weighted by Crippen LogP contribution is -2.29. The maximum atomic E-state index is 13.8. The number of pyridine rings is 1. The number of carbonyl (C=O) groups is 1. The number of nitrogens with one attached hydrogen (secondary N) is 2. The molecule has 0 radical (unpaired) electrons. The highest BCUT2D eigenvalue weighted by Crippen LogP contribution is 2.40. The maximum absolute atomic E-state index is 13.8. The number of halogens is 1. The summed E-state index contributed by atoms with van der Waals surface area (Å²) in [7, 11) is 0. The number of anilines is 1. The lowest BCUT2D eigenvalue weighted by molar-refractivity contribution is -0.145. The van der Waals surface area contributed by atoms with Crippen molar-refractivity contribution in [3.63, 3.8) is 0 Å². The maximum Gasteiger partial charge on any atom is 0.328 e. The number of ether oxygens (including phenoxy) is 1. The molecule has 1 atom stereocenters. The lowest BCUT2D eigenvalue weighted by atomic mass is 9.89. The van der Waals surface area contributed by atoms with Gasteiger partial charge in [-0.2, -0.15) is 5.10 Å². The van der Waals surface area contributed by atoms with Gasteiger partial charge in [-0.05, 0) is 53.8 Å². The summed E-state index contributed by atoms with van der Waals surface area (Å²) in [5, 5.41) is 12.3. The van der Waals surface area contributed by atoms with Crippen LogP contribution in [0.2, 0.25) is 0 Å². The van der Waals surface area contributed by atoms with Gasteiger partial charge in [0.15, 0.2) is 0 Å². The van der Waals surface area contributed by atoms with Crippen molar-refractivity contribution in [1.29, 1.82) is 0 Å². The second-order valence-electron chi connectivity index (χ2n) is 9.20. The smallest absolute Gasteiger partial charge is 0.328 e. The summed E-state index contributed by atoms with van der Waals surface area (Å²) in [5.41, 5.74) is 5.29. The lowest BCUT2D eigenvalue weighted by Gasteiger charge is -2.23. The number of rotatable bonds is 7. The number of hydrogen-bond donors (Lipinski definition) is 2. The summed E-state index contributed by atoms with van der Waals surface area (Å²) in [6.07, 6.45) is 1.77. The van der Waals surface area contributed by atoms with Crippen molar-refractivity contribution in [3.05, 3.63) is 89.9 Å². The van der Waals surface area contributed by atoms with Crippen molar-refractivity contribution in [1.82, 2.24) is 15.2 Å². The van der Waals surface area contributed by atoms with Gasteiger partial charge in [-0.15, -0.1) is 0 Å². The fourth-order valence-corrected chi connectivity index (χ4v) is 4.43. The summed E-state index contributed by atoms with van der Waals surface area (Å²) in [5.74, 6) is -0.00624. The zero-order valence-electron chi connectivity index (χ0n) is 20.4. The van der Waals surface area contributed by atoms with Gasteiger partial charge in [0, 0.05) is 16.3 Å². The van der Waals surface area contributed by atoms with E-state index < -0.39 is 6.04 Å². The molecule has 3 aromatic carbocycles. The van der Waals surface area contributed by atoms with Gasteiger partial charge in [0.1, 0.15) is 24.3 Å². The van der Waals surface area contributed by atoms with Crippen LogP contribution in [0.5, 0.6) is 0 Å². The number of benzene rings is 3. The van der Waals surface area contributed by atoms with E-state index >= 15 is 0 Å². The van der Waals surface area contributed by atoms with E-state index in [1.807, 2.05) is 42.5 Å². The minimum Gasteiger partial charge on any atom is -0.459 e. The molecule has 2 N–H and O–H groups in total. The van der Waals surface area contributed by atoms with E-state index in [4.69, 9.17) is 9.72 Å². The number of aromatic amines is 1. The van der Waals surface area contributed by atoms with Crippen LogP contribution in [0.1, 0.15) is 37.8 Å². The van der Waals surface area contributed by atoms with Crippen molar-refractivity contribution in [3.8, 4) is 11.1 Å². The average Bonchev–Trinajstić information content (AvgIpc) is 3.33. The van der Waals surface area contributed by atoms with E-state index in [1.54, 1.807) is 25.3 Å². The topological polar surface area (TPSA) is 79.9 Å². The molecular weight excluding hydrogens is 455 g/mol. The van der Waals surface area contributed by atoms with Gasteiger partial charge in [0.05, 0.1) is 17.2 Å². The van der Waals surface area contributed by atoms with E-state index in [9.17, 15) is 9.18 Å². The van der Waals surface area contributed by atoms with Gasteiger partial charge in [0.2, 0.25) is 0 Å². The van der Waals surface area contributed by atoms with Crippen LogP contribution in [0.25, 0.3) is 32.9 Å². The average molecular weight is 483 g/mol. The molecule has 2 heterocycles. The quantitative estimate of drug-likeness (QED) is 0.256. The molecule has 0 saturated heterocycles. The molecule has 2 aromatic heterocycles. The molecule has 0 aliphatic carbocycles. The molecule has 0 amide bonds. The first-order valence-corrected chi connectivity index (χ1v) is 11.9. The molecule has 5 aromatic rings. The van der Waals surface area contributed by atoms with E-state index in [1.165, 1.54) is 12.1 Å². The van der Waals surface area contributed by atoms with Crippen LogP contribution >= 0.6 is 0 Å². The first kappa shape index (κ1) is 23.5. The van der Waals surface area contributed by atoms with Crippen LogP contribution in [-0.2, 0) is 16.1 Å². The molecular formula is C29H27FN4O2. The molecule has 0 saturated carbocycles. The Labute approximate surface area is 208 Å². The van der Waals surface area contributed by atoms with Crippen LogP contribution in [0, 0.1) is 5.82 Å². The molecule has 182 valence electrons. The van der Waals surface area contributed by atoms with Crippen LogP contribution in [-0.4, -0.2) is 27.2 Å². The van der Waals surface area contributed by atoms with Crippen molar-refractivity contribution >= 4 is 33.6 Å². The largest absolute Gasteiger partial charge is 0.459 e. The first-order valence-electron chi connectivity index (χ1n) is 11.9. The minimum absolute atomic E-state index is 0.0667. The number of H-pyrrole nitrogens is 1. The molecule has 5 rings (SSSR count). The Morgan fingerprint density at radius 3 is 2.53 bits per heavy atom. The number of aromatic nitrogens is 3.